The number of hydrogen-bond acceptors (Lipinski definition) is 3. The Balaban J connectivity index is 2.08. The van der Waals surface area contributed by atoms with Crippen LogP contribution in [0.2, 0.25) is 0 Å². The van der Waals surface area contributed by atoms with Gasteiger partial charge in [-0.05, 0) is 30.7 Å². The Kier molecular flexibility index (Phi) is 3.49. The van der Waals surface area contributed by atoms with E-state index < -0.39 is 0 Å². The molecule has 0 fully saturated rings. The van der Waals surface area contributed by atoms with Gasteiger partial charge < -0.3 is 10.4 Å². The molecule has 1 aromatic carbocycles. The zero-order valence-corrected chi connectivity index (χ0v) is 9.35. The summed E-state index contributed by atoms with van der Waals surface area (Å²) in [4.78, 5) is 4.27. The van der Waals surface area contributed by atoms with Gasteiger partial charge in [-0.1, -0.05) is 12.1 Å². The van der Waals surface area contributed by atoms with E-state index in [0.29, 0.717) is 6.54 Å². The van der Waals surface area contributed by atoms with E-state index in [0.717, 1.165) is 17.4 Å². The minimum absolute atomic E-state index is 0.304. The van der Waals surface area contributed by atoms with Crippen LogP contribution in [-0.2, 0) is 6.54 Å². The largest absolute Gasteiger partial charge is 0.392 e. The second-order valence-corrected chi connectivity index (χ2v) is 4.01. The number of nitrogens with one attached hydrogen (secondary N) is 1. The minimum atomic E-state index is -0.304. The molecule has 0 aliphatic carbocycles. The number of aliphatic hydroxyl groups is 1. The van der Waals surface area contributed by atoms with Gasteiger partial charge in [0.25, 0.3) is 0 Å². The molecule has 3 nitrogen and oxygen atoms in total. The fourth-order valence-electron chi connectivity index (χ4n) is 1.66. The molecule has 3 heteroatoms. The summed E-state index contributed by atoms with van der Waals surface area (Å²) in [6.07, 6.45) is 1.50. The van der Waals surface area contributed by atoms with Crippen molar-refractivity contribution < 1.29 is 5.11 Å². The van der Waals surface area contributed by atoms with Crippen LogP contribution in [0, 0.1) is 0 Å². The molecule has 1 heterocycles. The van der Waals surface area contributed by atoms with E-state index in [1.165, 1.54) is 5.56 Å². The molecule has 0 spiro atoms. The first-order chi connectivity index (χ1) is 7.75. The highest BCUT2D eigenvalue weighted by molar-refractivity contribution is 5.78. The lowest BCUT2D eigenvalue weighted by molar-refractivity contribution is 0.191. The summed E-state index contributed by atoms with van der Waals surface area (Å²) in [6.45, 7) is 3.16. The van der Waals surface area contributed by atoms with Crippen LogP contribution < -0.4 is 5.32 Å². The molecule has 0 aliphatic heterocycles. The molecule has 0 amide bonds. The van der Waals surface area contributed by atoms with E-state index in [1.54, 1.807) is 13.1 Å². The van der Waals surface area contributed by atoms with Crippen LogP contribution in [0.3, 0.4) is 0 Å². The first kappa shape index (κ1) is 11.0. The topological polar surface area (TPSA) is 45.1 Å². The average molecular weight is 216 g/mol. The number of nitrogens with zero attached hydrogens (tertiary/aromatic N) is 1. The molecule has 1 aromatic heterocycles. The highest BCUT2D eigenvalue weighted by Crippen LogP contribution is 2.12. The van der Waals surface area contributed by atoms with E-state index in [4.69, 9.17) is 5.11 Å². The molecule has 0 unspecified atom stereocenters. The van der Waals surface area contributed by atoms with E-state index >= 15 is 0 Å². The number of aliphatic hydroxyl groups excluding tert-OH is 1. The van der Waals surface area contributed by atoms with Gasteiger partial charge in [-0.15, -0.1) is 0 Å². The van der Waals surface area contributed by atoms with Crippen molar-refractivity contribution >= 4 is 10.9 Å². The van der Waals surface area contributed by atoms with Crippen LogP contribution >= 0.6 is 0 Å². The van der Waals surface area contributed by atoms with Crippen LogP contribution in [0.1, 0.15) is 12.5 Å². The Morgan fingerprint density at radius 3 is 3.06 bits per heavy atom. The summed E-state index contributed by atoms with van der Waals surface area (Å²) in [7, 11) is 0. The van der Waals surface area contributed by atoms with Gasteiger partial charge in [-0.25, -0.2) is 0 Å². The third-order valence-electron chi connectivity index (χ3n) is 2.44. The summed E-state index contributed by atoms with van der Waals surface area (Å²) < 4.78 is 0. The van der Waals surface area contributed by atoms with E-state index in [2.05, 4.69) is 28.5 Å². The quantitative estimate of drug-likeness (QED) is 0.817. The van der Waals surface area contributed by atoms with E-state index in [-0.39, 0.29) is 6.10 Å². The maximum atomic E-state index is 9.13. The molecule has 0 saturated carbocycles. The van der Waals surface area contributed by atoms with Gasteiger partial charge in [-0.3, -0.25) is 4.98 Å². The molecule has 0 bridgehead atoms. The maximum absolute atomic E-state index is 9.13. The SMILES string of the molecule is C[C@H](O)CNCc1ccc2ncccc2c1. The van der Waals surface area contributed by atoms with Gasteiger partial charge in [0, 0.05) is 24.7 Å². The lowest BCUT2D eigenvalue weighted by Crippen LogP contribution is -2.23. The van der Waals surface area contributed by atoms with Gasteiger partial charge >= 0.3 is 0 Å². The van der Waals surface area contributed by atoms with Crippen molar-refractivity contribution in [3.8, 4) is 0 Å². The predicted octanol–water partition coefficient (Wildman–Crippen LogP) is 1.71. The molecule has 16 heavy (non-hydrogen) atoms. The molecule has 2 rings (SSSR count). The number of fused-ring (bicyclic) bond motifs is 1. The smallest absolute Gasteiger partial charge is 0.0702 e. The maximum Gasteiger partial charge on any atom is 0.0702 e. The summed E-state index contributed by atoms with van der Waals surface area (Å²) in [6, 6.07) is 10.2. The van der Waals surface area contributed by atoms with Crippen molar-refractivity contribution in [2.45, 2.75) is 19.6 Å². The minimum Gasteiger partial charge on any atom is -0.392 e. The normalized spacial score (nSPS) is 12.9. The molecule has 0 saturated heterocycles. The van der Waals surface area contributed by atoms with Crippen molar-refractivity contribution in [2.24, 2.45) is 0 Å². The van der Waals surface area contributed by atoms with Crippen molar-refractivity contribution in [2.75, 3.05) is 6.54 Å². The predicted molar refractivity (Wildman–Crippen MR) is 65.1 cm³/mol. The van der Waals surface area contributed by atoms with Crippen molar-refractivity contribution in [3.05, 3.63) is 42.1 Å². The number of hydrogen-bond donors (Lipinski definition) is 2. The Hall–Kier alpha value is -1.45. The summed E-state index contributed by atoms with van der Waals surface area (Å²) in [5, 5.41) is 13.5. The van der Waals surface area contributed by atoms with Crippen molar-refractivity contribution in [1.29, 1.82) is 0 Å². The third kappa shape index (κ3) is 2.78. The zero-order valence-electron chi connectivity index (χ0n) is 9.35. The second-order valence-electron chi connectivity index (χ2n) is 4.01. The van der Waals surface area contributed by atoms with Crippen LogP contribution in [-0.4, -0.2) is 22.7 Å². The summed E-state index contributed by atoms with van der Waals surface area (Å²) >= 11 is 0. The first-order valence-corrected chi connectivity index (χ1v) is 5.48. The lowest BCUT2D eigenvalue weighted by atomic mass is 10.1. The Morgan fingerprint density at radius 2 is 2.25 bits per heavy atom. The number of pyridine rings is 1. The van der Waals surface area contributed by atoms with Crippen LogP contribution in [0.25, 0.3) is 10.9 Å². The van der Waals surface area contributed by atoms with E-state index in [9.17, 15) is 0 Å². The standard InChI is InChI=1S/C13H16N2O/c1-10(16)8-14-9-11-4-5-13-12(7-11)3-2-6-15-13/h2-7,10,14,16H,8-9H2,1H3/t10-/m0/s1. The molecule has 0 radical (unpaired) electrons. The molecule has 0 aliphatic rings. The zero-order chi connectivity index (χ0) is 11.4. The van der Waals surface area contributed by atoms with Crippen molar-refractivity contribution in [1.82, 2.24) is 10.3 Å². The Labute approximate surface area is 95.1 Å². The molecular weight excluding hydrogens is 200 g/mol. The van der Waals surface area contributed by atoms with Gasteiger partial charge in [0.05, 0.1) is 11.6 Å². The fraction of sp³-hybridized carbons (Fsp3) is 0.308. The Morgan fingerprint density at radius 1 is 1.38 bits per heavy atom. The number of rotatable bonds is 4. The Bertz CT molecular complexity index is 468. The molecule has 2 N–H and O–H groups in total. The summed E-state index contributed by atoms with van der Waals surface area (Å²) in [5.41, 5.74) is 2.22. The third-order valence-corrected chi connectivity index (χ3v) is 2.44. The summed E-state index contributed by atoms with van der Waals surface area (Å²) in [5.74, 6) is 0. The highest BCUT2D eigenvalue weighted by Gasteiger charge is 1.98. The fourth-order valence-corrected chi connectivity index (χ4v) is 1.66. The monoisotopic (exact) mass is 216 g/mol. The molecule has 1 atom stereocenters. The average Bonchev–Trinajstić information content (AvgIpc) is 2.28. The van der Waals surface area contributed by atoms with E-state index in [1.807, 2.05) is 12.1 Å². The molecular formula is C13H16N2O. The second kappa shape index (κ2) is 5.05. The lowest BCUT2D eigenvalue weighted by Gasteiger charge is -2.07. The highest BCUT2D eigenvalue weighted by atomic mass is 16.3. The van der Waals surface area contributed by atoms with Crippen molar-refractivity contribution in [3.63, 3.8) is 0 Å². The number of aromatic nitrogens is 1. The van der Waals surface area contributed by atoms with Gasteiger partial charge in [-0.2, -0.15) is 0 Å². The molecule has 2 aromatic rings. The van der Waals surface area contributed by atoms with Crippen LogP contribution in [0.15, 0.2) is 36.5 Å². The van der Waals surface area contributed by atoms with Gasteiger partial charge in [0.1, 0.15) is 0 Å². The van der Waals surface area contributed by atoms with Crippen LogP contribution in [0.4, 0.5) is 0 Å². The molecule has 84 valence electrons. The first-order valence-electron chi connectivity index (χ1n) is 5.48. The number of benzene rings is 1. The van der Waals surface area contributed by atoms with Gasteiger partial charge in [0.2, 0.25) is 0 Å². The van der Waals surface area contributed by atoms with Crippen LogP contribution in [0.5, 0.6) is 0 Å². The van der Waals surface area contributed by atoms with Gasteiger partial charge in [0.15, 0.2) is 0 Å².